The van der Waals surface area contributed by atoms with E-state index in [4.69, 9.17) is 5.73 Å². The van der Waals surface area contributed by atoms with Crippen molar-refractivity contribution in [2.45, 2.75) is 26.8 Å². The Balaban J connectivity index is 2.97. The Kier molecular flexibility index (Phi) is 4.73. The van der Waals surface area contributed by atoms with Crippen LogP contribution in [0.3, 0.4) is 0 Å². The number of hydrogen-bond donors (Lipinski definition) is 1. The van der Waals surface area contributed by atoms with Gasteiger partial charge in [-0.1, -0.05) is 11.8 Å². The minimum Gasteiger partial charge on any atom is -0.339 e. The van der Waals surface area contributed by atoms with E-state index in [9.17, 15) is 4.79 Å². The predicted octanol–water partition coefficient (Wildman–Crippen LogP) is 1.85. The molecule has 0 aliphatic carbocycles. The molecule has 0 aliphatic rings. The van der Waals surface area contributed by atoms with Crippen molar-refractivity contribution in [2.75, 3.05) is 13.6 Å². The topological polar surface area (TPSA) is 46.3 Å². The molecular formula is C13H18N2OS. The van der Waals surface area contributed by atoms with Crippen molar-refractivity contribution in [3.05, 3.63) is 21.4 Å². The Morgan fingerprint density at radius 1 is 1.59 bits per heavy atom. The highest BCUT2D eigenvalue weighted by atomic mass is 32.1. The van der Waals surface area contributed by atoms with Gasteiger partial charge in [-0.05, 0) is 32.4 Å². The van der Waals surface area contributed by atoms with E-state index < -0.39 is 0 Å². The molecule has 0 fully saturated rings. The second kappa shape index (κ2) is 5.85. The summed E-state index contributed by atoms with van der Waals surface area (Å²) in [6.45, 7) is 6.29. The lowest BCUT2D eigenvalue weighted by atomic mass is 10.2. The molecule has 3 nitrogen and oxygen atoms in total. The van der Waals surface area contributed by atoms with Gasteiger partial charge in [-0.2, -0.15) is 0 Å². The fourth-order valence-corrected chi connectivity index (χ4v) is 2.28. The summed E-state index contributed by atoms with van der Waals surface area (Å²) in [5.74, 6) is 5.85. The van der Waals surface area contributed by atoms with Crippen LogP contribution < -0.4 is 5.73 Å². The minimum atomic E-state index is 0.0499. The second-order valence-electron chi connectivity index (χ2n) is 4.14. The number of hydrogen-bond acceptors (Lipinski definition) is 3. The fourth-order valence-electron chi connectivity index (χ4n) is 1.25. The molecule has 1 amide bonds. The lowest BCUT2D eigenvalue weighted by molar-refractivity contribution is 0.0760. The van der Waals surface area contributed by atoms with Crippen LogP contribution in [-0.4, -0.2) is 30.4 Å². The van der Waals surface area contributed by atoms with Crippen LogP contribution in [0.25, 0.3) is 0 Å². The third kappa shape index (κ3) is 3.32. The monoisotopic (exact) mass is 250 g/mol. The summed E-state index contributed by atoms with van der Waals surface area (Å²) >= 11 is 1.43. The molecule has 0 saturated carbocycles. The molecule has 0 unspecified atom stereocenters. The van der Waals surface area contributed by atoms with Crippen molar-refractivity contribution < 1.29 is 4.79 Å². The number of nitrogens with two attached hydrogens (primary N) is 1. The van der Waals surface area contributed by atoms with E-state index in [0.717, 1.165) is 15.3 Å². The summed E-state index contributed by atoms with van der Waals surface area (Å²) in [6.07, 6.45) is 0. The predicted molar refractivity (Wildman–Crippen MR) is 72.2 cm³/mol. The quantitative estimate of drug-likeness (QED) is 0.814. The van der Waals surface area contributed by atoms with Crippen LogP contribution in [0.4, 0.5) is 0 Å². The van der Waals surface area contributed by atoms with E-state index in [0.29, 0.717) is 6.54 Å². The van der Waals surface area contributed by atoms with Gasteiger partial charge >= 0.3 is 0 Å². The summed E-state index contributed by atoms with van der Waals surface area (Å²) in [5, 5.41) is 0. The van der Waals surface area contributed by atoms with Crippen LogP contribution in [0, 0.1) is 18.8 Å². The smallest absolute Gasteiger partial charge is 0.263 e. The number of thiophene rings is 1. The van der Waals surface area contributed by atoms with Crippen LogP contribution in [0.15, 0.2) is 6.07 Å². The van der Waals surface area contributed by atoms with Crippen LogP contribution in [0.2, 0.25) is 0 Å². The van der Waals surface area contributed by atoms with Gasteiger partial charge in [0.15, 0.2) is 0 Å². The first kappa shape index (κ1) is 13.8. The van der Waals surface area contributed by atoms with Crippen molar-refractivity contribution in [2.24, 2.45) is 5.73 Å². The summed E-state index contributed by atoms with van der Waals surface area (Å²) in [6, 6.07) is 2.09. The van der Waals surface area contributed by atoms with Crippen LogP contribution in [0.1, 0.15) is 34.0 Å². The van der Waals surface area contributed by atoms with Crippen molar-refractivity contribution in [1.82, 2.24) is 4.90 Å². The number of rotatable bonds is 2. The summed E-state index contributed by atoms with van der Waals surface area (Å²) in [5.41, 5.74) is 6.38. The summed E-state index contributed by atoms with van der Waals surface area (Å²) in [4.78, 5) is 15.5. The Bertz CT molecular complexity index is 465. The molecule has 2 N–H and O–H groups in total. The molecule has 0 spiro atoms. The van der Waals surface area contributed by atoms with Gasteiger partial charge in [-0.3, -0.25) is 4.79 Å². The van der Waals surface area contributed by atoms with Gasteiger partial charge in [0.2, 0.25) is 0 Å². The highest BCUT2D eigenvalue weighted by molar-refractivity contribution is 7.14. The molecule has 1 rings (SSSR count). The zero-order valence-electron chi connectivity index (χ0n) is 10.7. The maximum absolute atomic E-state index is 12.1. The normalized spacial score (nSPS) is 10.0. The third-order valence-corrected chi connectivity index (χ3v) is 3.67. The maximum Gasteiger partial charge on any atom is 0.263 e. The number of amides is 1. The molecule has 92 valence electrons. The molecule has 17 heavy (non-hydrogen) atoms. The van der Waals surface area contributed by atoms with Gasteiger partial charge in [-0.15, -0.1) is 11.3 Å². The van der Waals surface area contributed by atoms with Gasteiger partial charge in [-0.25, -0.2) is 0 Å². The maximum atomic E-state index is 12.1. The van der Waals surface area contributed by atoms with E-state index in [1.54, 1.807) is 4.90 Å². The Labute approximate surface area is 107 Å². The second-order valence-corrected chi connectivity index (χ2v) is 5.19. The number of carbonyl (C=O) groups is 1. The molecule has 0 radical (unpaired) electrons. The first-order valence-electron chi connectivity index (χ1n) is 5.54. The first-order valence-corrected chi connectivity index (χ1v) is 6.35. The van der Waals surface area contributed by atoms with Crippen molar-refractivity contribution in [1.29, 1.82) is 0 Å². The summed E-state index contributed by atoms with van der Waals surface area (Å²) < 4.78 is 0. The first-order chi connectivity index (χ1) is 7.97. The highest BCUT2D eigenvalue weighted by Gasteiger charge is 2.17. The molecule has 4 heteroatoms. The average Bonchev–Trinajstić information content (AvgIpc) is 2.66. The van der Waals surface area contributed by atoms with Gasteiger partial charge in [0.25, 0.3) is 5.91 Å². The molecular weight excluding hydrogens is 232 g/mol. The van der Waals surface area contributed by atoms with Gasteiger partial charge in [0, 0.05) is 13.1 Å². The minimum absolute atomic E-state index is 0.0499. The van der Waals surface area contributed by atoms with E-state index in [1.807, 2.05) is 33.9 Å². The highest BCUT2D eigenvalue weighted by Crippen LogP contribution is 2.22. The number of aryl methyl sites for hydroxylation is 1. The molecule has 0 saturated heterocycles. The van der Waals surface area contributed by atoms with Gasteiger partial charge in [0.1, 0.15) is 0 Å². The van der Waals surface area contributed by atoms with E-state index in [-0.39, 0.29) is 11.9 Å². The van der Waals surface area contributed by atoms with Crippen molar-refractivity contribution in [3.63, 3.8) is 0 Å². The molecule has 0 aliphatic heterocycles. The SMILES string of the molecule is Cc1cc(C(=O)N(C)C(C)C)sc1C#CCN. The Morgan fingerprint density at radius 2 is 2.24 bits per heavy atom. The molecule has 0 atom stereocenters. The zero-order valence-corrected chi connectivity index (χ0v) is 11.5. The average molecular weight is 250 g/mol. The van der Waals surface area contributed by atoms with E-state index in [2.05, 4.69) is 11.8 Å². The van der Waals surface area contributed by atoms with Crippen LogP contribution in [-0.2, 0) is 0 Å². The Hall–Kier alpha value is -1.31. The largest absolute Gasteiger partial charge is 0.339 e. The Morgan fingerprint density at radius 3 is 2.76 bits per heavy atom. The zero-order chi connectivity index (χ0) is 13.0. The third-order valence-electron chi connectivity index (χ3n) is 2.53. The van der Waals surface area contributed by atoms with Crippen molar-refractivity contribution >= 4 is 17.2 Å². The van der Waals surface area contributed by atoms with E-state index in [1.165, 1.54) is 11.3 Å². The van der Waals surface area contributed by atoms with Gasteiger partial charge in [0.05, 0.1) is 16.3 Å². The van der Waals surface area contributed by atoms with E-state index >= 15 is 0 Å². The van der Waals surface area contributed by atoms with Crippen LogP contribution >= 0.6 is 11.3 Å². The number of nitrogens with zero attached hydrogens (tertiary/aromatic N) is 1. The molecule has 0 bridgehead atoms. The molecule has 0 aromatic carbocycles. The van der Waals surface area contributed by atoms with Crippen molar-refractivity contribution in [3.8, 4) is 11.8 Å². The standard InChI is InChI=1S/C13H18N2OS/c1-9(2)15(4)13(16)12-8-10(3)11(17-12)6-5-7-14/h8-9H,7,14H2,1-4H3. The molecule has 1 aromatic rings. The number of carbonyl (C=O) groups excluding carboxylic acids is 1. The molecule has 1 aromatic heterocycles. The molecule has 1 heterocycles. The lowest BCUT2D eigenvalue weighted by Crippen LogP contribution is -2.32. The van der Waals surface area contributed by atoms with Gasteiger partial charge < -0.3 is 10.6 Å². The summed E-state index contributed by atoms with van der Waals surface area (Å²) in [7, 11) is 1.81. The lowest BCUT2D eigenvalue weighted by Gasteiger charge is -2.20. The fraction of sp³-hybridized carbons (Fsp3) is 0.462. The van der Waals surface area contributed by atoms with Crippen LogP contribution in [0.5, 0.6) is 0 Å².